The van der Waals surface area contributed by atoms with Gasteiger partial charge in [-0.2, -0.15) is 9.97 Å². The van der Waals surface area contributed by atoms with Crippen LogP contribution in [-0.2, 0) is 13.1 Å². The lowest BCUT2D eigenvalue weighted by Gasteiger charge is -2.25. The largest absolute Gasteiger partial charge is 0.488 e. The van der Waals surface area contributed by atoms with Crippen molar-refractivity contribution in [1.82, 2.24) is 19.9 Å². The van der Waals surface area contributed by atoms with Crippen molar-refractivity contribution in [1.29, 1.82) is 0 Å². The minimum atomic E-state index is -1.54. The molecule has 8 N–H and O–H groups in total. The van der Waals surface area contributed by atoms with E-state index < -0.39 is 13.0 Å². The predicted molar refractivity (Wildman–Crippen MR) is 125 cm³/mol. The molecule has 0 bridgehead atoms. The van der Waals surface area contributed by atoms with Crippen LogP contribution in [0.2, 0.25) is 0 Å². The fourth-order valence-electron chi connectivity index (χ4n) is 3.35. The van der Waals surface area contributed by atoms with Gasteiger partial charge in [-0.25, -0.2) is 9.97 Å². The number of amides is 1. The van der Waals surface area contributed by atoms with Crippen molar-refractivity contribution in [2.75, 3.05) is 16.4 Å². The molecule has 0 aliphatic rings. The average molecular weight is 444 g/mol. The molecule has 4 aromatic rings. The predicted octanol–water partition coefficient (Wildman–Crippen LogP) is -0.430. The molecule has 33 heavy (non-hydrogen) atoms. The van der Waals surface area contributed by atoms with Crippen LogP contribution in [0.3, 0.4) is 0 Å². The SMILES string of the molecule is NC(=O)c1ccc(N(Cc2ccc(B(O)O)cc2)Cc2cnc3nc(N)nc(N)c3n2)cc1. The summed E-state index contributed by atoms with van der Waals surface area (Å²) in [6, 6.07) is 13.8. The molecule has 2 aromatic carbocycles. The number of benzene rings is 2. The normalized spacial score (nSPS) is 10.8. The maximum absolute atomic E-state index is 11.4. The second-order valence-corrected chi connectivity index (χ2v) is 7.38. The second kappa shape index (κ2) is 9.06. The molecule has 0 aliphatic heterocycles. The standard InChI is InChI=1S/C21H21BN8O3/c23-18-17-20(29-21(25)28-18)26-9-15(27-17)11-30(16-7-3-13(4-8-16)19(24)31)10-12-1-5-14(6-2-12)22(32)33/h1-9,32-33H,10-11H2,(H2,24,31)(H4,23,25,26,28,29). The Balaban J connectivity index is 1.67. The maximum Gasteiger partial charge on any atom is 0.488 e. The minimum Gasteiger partial charge on any atom is -0.423 e. The Hall–Kier alpha value is -4.29. The Bertz CT molecular complexity index is 1300. The molecule has 0 saturated heterocycles. The topological polar surface area (TPSA) is 190 Å². The van der Waals surface area contributed by atoms with Gasteiger partial charge in [0, 0.05) is 17.8 Å². The van der Waals surface area contributed by atoms with E-state index in [1.165, 1.54) is 0 Å². The van der Waals surface area contributed by atoms with Gasteiger partial charge in [0.05, 0.1) is 18.4 Å². The van der Waals surface area contributed by atoms with E-state index in [4.69, 9.17) is 17.2 Å². The molecule has 2 heterocycles. The summed E-state index contributed by atoms with van der Waals surface area (Å²) < 4.78 is 0. The molecule has 2 aromatic heterocycles. The quantitative estimate of drug-likeness (QED) is 0.234. The minimum absolute atomic E-state index is 0.0228. The van der Waals surface area contributed by atoms with E-state index in [-0.39, 0.29) is 11.8 Å². The number of aromatic nitrogens is 4. The van der Waals surface area contributed by atoms with E-state index in [1.54, 1.807) is 54.7 Å². The molecule has 0 spiro atoms. The Morgan fingerprint density at radius 1 is 0.939 bits per heavy atom. The van der Waals surface area contributed by atoms with Crippen LogP contribution < -0.4 is 27.6 Å². The lowest BCUT2D eigenvalue weighted by molar-refractivity contribution is 0.100. The van der Waals surface area contributed by atoms with Gasteiger partial charge in [-0.1, -0.05) is 24.3 Å². The number of nitrogens with zero attached hydrogens (tertiary/aromatic N) is 5. The molecule has 0 saturated carbocycles. The number of hydrogen-bond donors (Lipinski definition) is 5. The van der Waals surface area contributed by atoms with Crippen molar-refractivity contribution in [2.45, 2.75) is 13.1 Å². The van der Waals surface area contributed by atoms with Crippen molar-refractivity contribution in [3.8, 4) is 0 Å². The third-order valence-electron chi connectivity index (χ3n) is 5.02. The van der Waals surface area contributed by atoms with Gasteiger partial charge in [-0.15, -0.1) is 0 Å². The molecule has 166 valence electrons. The lowest BCUT2D eigenvalue weighted by atomic mass is 9.80. The number of anilines is 3. The zero-order valence-electron chi connectivity index (χ0n) is 17.5. The molecule has 1 amide bonds. The summed E-state index contributed by atoms with van der Waals surface area (Å²) in [4.78, 5) is 30.3. The van der Waals surface area contributed by atoms with E-state index >= 15 is 0 Å². The molecular formula is C21H21BN8O3. The van der Waals surface area contributed by atoms with Crippen LogP contribution in [0.4, 0.5) is 17.5 Å². The molecule has 0 aliphatic carbocycles. The third kappa shape index (κ3) is 4.97. The molecule has 0 unspecified atom stereocenters. The van der Waals surface area contributed by atoms with Crippen LogP contribution in [0.15, 0.2) is 54.7 Å². The highest BCUT2D eigenvalue weighted by Gasteiger charge is 2.15. The zero-order chi connectivity index (χ0) is 23.5. The molecule has 0 fully saturated rings. The average Bonchev–Trinajstić information content (AvgIpc) is 2.79. The first-order valence-corrected chi connectivity index (χ1v) is 9.94. The fraction of sp³-hybridized carbons (Fsp3) is 0.0952. The summed E-state index contributed by atoms with van der Waals surface area (Å²) in [5.41, 5.74) is 20.7. The number of carbonyl (C=O) groups excluding carboxylic acids is 1. The summed E-state index contributed by atoms with van der Waals surface area (Å²) >= 11 is 0. The highest BCUT2D eigenvalue weighted by Crippen LogP contribution is 2.22. The summed E-state index contributed by atoms with van der Waals surface area (Å²) in [7, 11) is -1.54. The van der Waals surface area contributed by atoms with E-state index in [9.17, 15) is 14.8 Å². The lowest BCUT2D eigenvalue weighted by Crippen LogP contribution is -2.30. The highest BCUT2D eigenvalue weighted by atomic mass is 16.4. The van der Waals surface area contributed by atoms with Crippen molar-refractivity contribution < 1.29 is 14.8 Å². The summed E-state index contributed by atoms with van der Waals surface area (Å²) in [5.74, 6) is -0.349. The third-order valence-corrected chi connectivity index (χ3v) is 5.02. The van der Waals surface area contributed by atoms with Crippen LogP contribution in [0.1, 0.15) is 21.6 Å². The number of nitrogen functional groups attached to an aromatic ring is 2. The summed E-state index contributed by atoms with van der Waals surface area (Å²) in [5, 5.41) is 18.7. The first-order chi connectivity index (χ1) is 15.8. The van der Waals surface area contributed by atoms with Crippen LogP contribution in [0.5, 0.6) is 0 Å². The Morgan fingerprint density at radius 2 is 1.64 bits per heavy atom. The van der Waals surface area contributed by atoms with Crippen molar-refractivity contribution in [2.24, 2.45) is 5.73 Å². The summed E-state index contributed by atoms with van der Waals surface area (Å²) in [6.45, 7) is 0.818. The van der Waals surface area contributed by atoms with Gasteiger partial charge in [-0.05, 0) is 35.3 Å². The van der Waals surface area contributed by atoms with Crippen molar-refractivity contribution in [3.05, 3.63) is 71.5 Å². The van der Waals surface area contributed by atoms with Crippen molar-refractivity contribution in [3.63, 3.8) is 0 Å². The Labute approximate surface area is 189 Å². The smallest absolute Gasteiger partial charge is 0.423 e. The van der Waals surface area contributed by atoms with E-state index in [0.29, 0.717) is 41.0 Å². The van der Waals surface area contributed by atoms with Gasteiger partial charge in [0.1, 0.15) is 0 Å². The number of carbonyl (C=O) groups is 1. The monoisotopic (exact) mass is 444 g/mol. The first-order valence-electron chi connectivity index (χ1n) is 9.94. The molecule has 11 nitrogen and oxygen atoms in total. The van der Waals surface area contributed by atoms with Gasteiger partial charge < -0.3 is 32.1 Å². The zero-order valence-corrected chi connectivity index (χ0v) is 17.5. The molecule has 12 heteroatoms. The molecular weight excluding hydrogens is 423 g/mol. The number of nitrogens with two attached hydrogens (primary N) is 3. The number of fused-ring (bicyclic) bond motifs is 1. The maximum atomic E-state index is 11.4. The Kier molecular flexibility index (Phi) is 6.02. The molecule has 4 rings (SSSR count). The Morgan fingerprint density at radius 3 is 2.27 bits per heavy atom. The van der Waals surface area contributed by atoms with Crippen LogP contribution >= 0.6 is 0 Å². The summed E-state index contributed by atoms with van der Waals surface area (Å²) in [6.07, 6.45) is 1.59. The van der Waals surface area contributed by atoms with E-state index in [0.717, 1.165) is 11.3 Å². The van der Waals surface area contributed by atoms with Crippen molar-refractivity contribution >= 4 is 47.1 Å². The van der Waals surface area contributed by atoms with Crippen LogP contribution in [0, 0.1) is 0 Å². The van der Waals surface area contributed by atoms with Gasteiger partial charge in [0.25, 0.3) is 0 Å². The van der Waals surface area contributed by atoms with E-state index in [2.05, 4.69) is 19.9 Å². The van der Waals surface area contributed by atoms with Gasteiger partial charge in [0.2, 0.25) is 11.9 Å². The van der Waals surface area contributed by atoms with Gasteiger partial charge in [0.15, 0.2) is 17.0 Å². The molecule has 0 atom stereocenters. The highest BCUT2D eigenvalue weighted by molar-refractivity contribution is 6.58. The van der Waals surface area contributed by atoms with Crippen LogP contribution in [0.25, 0.3) is 11.2 Å². The second-order valence-electron chi connectivity index (χ2n) is 7.38. The van der Waals surface area contributed by atoms with Gasteiger partial charge >= 0.3 is 7.12 Å². The van der Waals surface area contributed by atoms with Crippen LogP contribution in [-0.4, -0.2) is 43.0 Å². The van der Waals surface area contributed by atoms with E-state index in [1.807, 2.05) is 4.90 Å². The fourth-order valence-corrected chi connectivity index (χ4v) is 3.35. The first kappa shape index (κ1) is 21.9. The number of rotatable bonds is 7. The molecule has 0 radical (unpaired) electrons. The number of hydrogen-bond acceptors (Lipinski definition) is 10. The van der Waals surface area contributed by atoms with Gasteiger partial charge in [-0.3, -0.25) is 4.79 Å². The number of primary amides is 1.